The summed E-state index contributed by atoms with van der Waals surface area (Å²) < 4.78 is 14.2. The number of amides is 3. The van der Waals surface area contributed by atoms with Crippen molar-refractivity contribution in [1.82, 2.24) is 19.9 Å². The van der Waals surface area contributed by atoms with Crippen molar-refractivity contribution in [3.8, 4) is 0 Å². The number of hydrogen-bond donors (Lipinski definition) is 2. The number of aromatic nitrogens is 2. The number of piperidine rings is 1. The minimum Gasteiger partial charge on any atom is -0.327 e. The molecule has 0 spiro atoms. The Labute approximate surface area is 182 Å². The summed E-state index contributed by atoms with van der Waals surface area (Å²) in [5.74, 6) is -1.36. The van der Waals surface area contributed by atoms with Crippen LogP contribution in [-0.2, 0) is 14.4 Å². The Morgan fingerprint density at radius 1 is 1.32 bits per heavy atom. The van der Waals surface area contributed by atoms with E-state index in [1.165, 1.54) is 23.5 Å². The molecule has 2 N–H and O–H groups in total. The van der Waals surface area contributed by atoms with Crippen LogP contribution in [0, 0.1) is 5.92 Å². The van der Waals surface area contributed by atoms with Gasteiger partial charge in [-0.1, -0.05) is 39.0 Å². The minimum absolute atomic E-state index is 0.171. The molecule has 0 bridgehead atoms. The van der Waals surface area contributed by atoms with Crippen molar-refractivity contribution >= 4 is 24.0 Å². The SMILES string of the molecule is CCCCCCCC(CN(O)C=O)C(=O)N1C[C@H](F)CC[C@H]1C(=O)Nc1cnccn1. The Balaban J connectivity index is 2.10. The number of alkyl halides is 1. The third kappa shape index (κ3) is 7.86. The summed E-state index contributed by atoms with van der Waals surface area (Å²) in [6.07, 6.45) is 8.98. The van der Waals surface area contributed by atoms with Gasteiger partial charge in [-0.05, 0) is 19.3 Å². The zero-order valence-electron chi connectivity index (χ0n) is 18.0. The van der Waals surface area contributed by atoms with Crippen molar-refractivity contribution in [2.45, 2.75) is 70.5 Å². The van der Waals surface area contributed by atoms with E-state index in [0.717, 1.165) is 32.1 Å². The van der Waals surface area contributed by atoms with Crippen molar-refractivity contribution in [2.24, 2.45) is 5.92 Å². The number of carbonyl (C=O) groups excluding carboxylic acids is 3. The van der Waals surface area contributed by atoms with E-state index in [9.17, 15) is 24.0 Å². The van der Waals surface area contributed by atoms with Crippen molar-refractivity contribution in [1.29, 1.82) is 0 Å². The highest BCUT2D eigenvalue weighted by atomic mass is 19.1. The van der Waals surface area contributed by atoms with E-state index in [1.54, 1.807) is 0 Å². The molecule has 2 rings (SSSR count). The molecular weight excluding hydrogens is 405 g/mol. The lowest BCUT2D eigenvalue weighted by atomic mass is 9.94. The second kappa shape index (κ2) is 12.9. The van der Waals surface area contributed by atoms with Crippen LogP contribution in [0.3, 0.4) is 0 Å². The molecule has 1 fully saturated rings. The molecule has 0 aromatic carbocycles. The van der Waals surface area contributed by atoms with E-state index in [1.807, 2.05) is 0 Å². The first-order valence-electron chi connectivity index (χ1n) is 10.9. The predicted octanol–water partition coefficient (Wildman–Crippen LogP) is 2.57. The molecule has 1 aromatic heterocycles. The molecule has 31 heavy (non-hydrogen) atoms. The summed E-state index contributed by atoms with van der Waals surface area (Å²) in [6, 6.07) is -0.854. The van der Waals surface area contributed by atoms with Crippen LogP contribution in [-0.4, -0.2) is 68.7 Å². The van der Waals surface area contributed by atoms with Crippen LogP contribution in [0.5, 0.6) is 0 Å². The van der Waals surface area contributed by atoms with Crippen molar-refractivity contribution in [2.75, 3.05) is 18.4 Å². The number of hydrogen-bond acceptors (Lipinski definition) is 6. The van der Waals surface area contributed by atoms with E-state index < -0.39 is 29.9 Å². The monoisotopic (exact) mass is 437 g/mol. The number of rotatable bonds is 12. The van der Waals surface area contributed by atoms with E-state index in [4.69, 9.17) is 0 Å². The first-order valence-corrected chi connectivity index (χ1v) is 10.9. The van der Waals surface area contributed by atoms with Gasteiger partial charge in [0.25, 0.3) is 0 Å². The second-order valence-corrected chi connectivity index (χ2v) is 7.89. The number of carbonyl (C=O) groups is 3. The summed E-state index contributed by atoms with van der Waals surface area (Å²) in [4.78, 5) is 46.1. The zero-order chi connectivity index (χ0) is 22.6. The molecule has 1 saturated heterocycles. The predicted molar refractivity (Wildman–Crippen MR) is 112 cm³/mol. The number of unbranched alkanes of at least 4 members (excludes halogenated alkanes) is 4. The highest BCUT2D eigenvalue weighted by Crippen LogP contribution is 2.25. The summed E-state index contributed by atoms with van der Waals surface area (Å²) >= 11 is 0. The summed E-state index contributed by atoms with van der Waals surface area (Å²) in [5.41, 5.74) is 0. The zero-order valence-corrected chi connectivity index (χ0v) is 18.0. The second-order valence-electron chi connectivity index (χ2n) is 7.89. The lowest BCUT2D eigenvalue weighted by Gasteiger charge is -2.38. The Kier molecular flexibility index (Phi) is 10.3. The lowest BCUT2D eigenvalue weighted by molar-refractivity contribution is -0.159. The van der Waals surface area contributed by atoms with Gasteiger partial charge in [-0.3, -0.25) is 24.6 Å². The molecular formula is C21H32FN5O4. The van der Waals surface area contributed by atoms with Gasteiger partial charge < -0.3 is 10.2 Å². The van der Waals surface area contributed by atoms with E-state index in [2.05, 4.69) is 22.2 Å². The topological polar surface area (TPSA) is 116 Å². The van der Waals surface area contributed by atoms with Gasteiger partial charge in [-0.2, -0.15) is 0 Å². The fraction of sp³-hybridized carbons (Fsp3) is 0.667. The van der Waals surface area contributed by atoms with E-state index in [0.29, 0.717) is 11.5 Å². The first-order chi connectivity index (χ1) is 15.0. The molecule has 10 heteroatoms. The number of halogens is 1. The fourth-order valence-corrected chi connectivity index (χ4v) is 3.81. The molecule has 1 aliphatic rings. The molecule has 172 valence electrons. The van der Waals surface area contributed by atoms with Crippen LogP contribution in [0.25, 0.3) is 0 Å². The van der Waals surface area contributed by atoms with Crippen LogP contribution < -0.4 is 5.32 Å². The molecule has 3 amide bonds. The smallest absolute Gasteiger partial charge is 0.248 e. The Hall–Kier alpha value is -2.62. The minimum atomic E-state index is -1.23. The van der Waals surface area contributed by atoms with Gasteiger partial charge in [0.15, 0.2) is 5.82 Å². The maximum Gasteiger partial charge on any atom is 0.248 e. The fourth-order valence-electron chi connectivity index (χ4n) is 3.81. The Morgan fingerprint density at radius 3 is 2.77 bits per heavy atom. The van der Waals surface area contributed by atoms with Crippen molar-refractivity contribution in [3.63, 3.8) is 0 Å². The number of hydroxylamine groups is 2. The van der Waals surface area contributed by atoms with E-state index in [-0.39, 0.29) is 38.2 Å². The molecule has 2 heterocycles. The largest absolute Gasteiger partial charge is 0.327 e. The molecule has 3 atom stereocenters. The van der Waals surface area contributed by atoms with Gasteiger partial charge >= 0.3 is 0 Å². The number of likely N-dealkylation sites (tertiary alicyclic amines) is 1. The standard InChI is InChI=1S/C21H32FN5O4/c1-2-3-4-5-6-7-16(13-26(31)15-28)21(30)27-14-17(22)8-9-18(27)20(29)25-19-12-23-10-11-24-19/h10-12,15-18,31H,2-9,13-14H2,1H3,(H,24,25,29)/t16?,17-,18+/m1/s1. The molecule has 1 unspecified atom stereocenters. The summed E-state index contributed by atoms with van der Waals surface area (Å²) in [5, 5.41) is 12.7. The molecule has 1 aliphatic heterocycles. The third-order valence-corrected chi connectivity index (χ3v) is 5.46. The quantitative estimate of drug-likeness (QED) is 0.225. The molecule has 9 nitrogen and oxygen atoms in total. The maximum absolute atomic E-state index is 14.2. The van der Waals surface area contributed by atoms with E-state index >= 15 is 0 Å². The van der Waals surface area contributed by atoms with Crippen molar-refractivity contribution < 1.29 is 24.0 Å². The van der Waals surface area contributed by atoms with Crippen LogP contribution in [0.2, 0.25) is 0 Å². The van der Waals surface area contributed by atoms with Crippen LogP contribution in [0.4, 0.5) is 10.2 Å². The maximum atomic E-state index is 14.2. The molecule has 0 aliphatic carbocycles. The Morgan fingerprint density at radius 2 is 2.10 bits per heavy atom. The van der Waals surface area contributed by atoms with Crippen molar-refractivity contribution in [3.05, 3.63) is 18.6 Å². The van der Waals surface area contributed by atoms with Gasteiger partial charge in [-0.15, -0.1) is 0 Å². The van der Waals surface area contributed by atoms with Gasteiger partial charge in [0, 0.05) is 12.4 Å². The number of nitrogens with one attached hydrogen (secondary N) is 1. The van der Waals surface area contributed by atoms with Crippen LogP contribution in [0.1, 0.15) is 58.3 Å². The van der Waals surface area contributed by atoms with Gasteiger partial charge in [0.2, 0.25) is 18.2 Å². The van der Waals surface area contributed by atoms with Crippen LogP contribution >= 0.6 is 0 Å². The average Bonchev–Trinajstić information content (AvgIpc) is 2.78. The average molecular weight is 438 g/mol. The summed E-state index contributed by atoms with van der Waals surface area (Å²) in [7, 11) is 0. The molecule has 1 aromatic rings. The first kappa shape index (κ1) is 24.6. The van der Waals surface area contributed by atoms with Gasteiger partial charge in [0.1, 0.15) is 12.2 Å². The Bertz CT molecular complexity index is 708. The van der Waals surface area contributed by atoms with Gasteiger partial charge in [0.05, 0.1) is 25.2 Å². The number of nitrogens with zero attached hydrogens (tertiary/aromatic N) is 4. The lowest BCUT2D eigenvalue weighted by Crippen LogP contribution is -2.55. The highest BCUT2D eigenvalue weighted by Gasteiger charge is 2.39. The molecule has 0 saturated carbocycles. The number of anilines is 1. The van der Waals surface area contributed by atoms with Crippen LogP contribution in [0.15, 0.2) is 18.6 Å². The molecule has 0 radical (unpaired) electrons. The third-order valence-electron chi connectivity index (χ3n) is 5.46. The summed E-state index contributed by atoms with van der Waals surface area (Å²) in [6.45, 7) is 1.72. The highest BCUT2D eigenvalue weighted by molar-refractivity contribution is 5.97. The normalized spacial score (nSPS) is 19.5. The van der Waals surface area contributed by atoms with Gasteiger partial charge in [-0.25, -0.2) is 14.4 Å².